The van der Waals surface area contributed by atoms with Crippen LogP contribution in [0.15, 0.2) is 48.7 Å². The lowest BCUT2D eigenvalue weighted by Gasteiger charge is -2.23. The number of rotatable bonds is 14. The lowest BCUT2D eigenvalue weighted by atomic mass is 9.93. The Hall–Kier alpha value is -3.34. The van der Waals surface area contributed by atoms with Gasteiger partial charge in [-0.2, -0.15) is 0 Å². The summed E-state index contributed by atoms with van der Waals surface area (Å²) >= 11 is 6.02. The summed E-state index contributed by atoms with van der Waals surface area (Å²) in [4.78, 5) is 24.6. The van der Waals surface area contributed by atoms with Gasteiger partial charge in [-0.3, -0.25) is 14.7 Å². The van der Waals surface area contributed by atoms with Crippen molar-refractivity contribution in [2.24, 2.45) is 5.92 Å². The first-order valence-electron chi connectivity index (χ1n) is 11.5. The molecule has 0 aliphatic carbocycles. The van der Waals surface area contributed by atoms with Crippen LogP contribution in [-0.2, 0) is 16.0 Å². The number of halogens is 2. The van der Waals surface area contributed by atoms with Gasteiger partial charge in [-0.1, -0.05) is 41.1 Å². The second-order valence-electron chi connectivity index (χ2n) is 8.39. The van der Waals surface area contributed by atoms with Gasteiger partial charge in [-0.25, -0.2) is 4.39 Å². The first kappa shape index (κ1) is 27.3. The molecule has 1 amide bonds. The number of hydrogen-bond donors (Lipinski definition) is 4. The molecule has 0 radical (unpaired) electrons. The van der Waals surface area contributed by atoms with Gasteiger partial charge < -0.3 is 20.5 Å². The molecule has 0 spiro atoms. The van der Waals surface area contributed by atoms with E-state index >= 15 is 0 Å². The van der Waals surface area contributed by atoms with Crippen LogP contribution in [0, 0.1) is 11.7 Å². The van der Waals surface area contributed by atoms with Crippen LogP contribution in [0.1, 0.15) is 28.9 Å². The third-order valence-corrected chi connectivity index (χ3v) is 5.92. The van der Waals surface area contributed by atoms with Crippen molar-refractivity contribution in [1.29, 1.82) is 0 Å². The average molecular weight is 518 g/mol. The van der Waals surface area contributed by atoms with Crippen LogP contribution < -0.4 is 10.6 Å². The topological polar surface area (TPSA) is 129 Å². The number of nitrogens with zero attached hydrogens (tertiary/aromatic N) is 2. The molecular formula is C25H29ClFN5O4. The molecule has 2 aromatic carbocycles. The van der Waals surface area contributed by atoms with Crippen molar-refractivity contribution >= 4 is 23.5 Å². The SMILES string of the molecule is COCCCNC[C@H](C[C@@H](Cc1ccc(-c2cc(Cl)ccc2F)cc1)NC(=O)c1cnn[nH]1)C(=O)O. The first-order chi connectivity index (χ1) is 17.4. The molecular weight excluding hydrogens is 489 g/mol. The van der Waals surface area contributed by atoms with Gasteiger partial charge in [0.25, 0.3) is 5.91 Å². The molecule has 0 saturated carbocycles. The zero-order valence-corrected chi connectivity index (χ0v) is 20.6. The number of H-pyrrole nitrogens is 1. The molecule has 0 fully saturated rings. The average Bonchev–Trinajstić information content (AvgIpc) is 3.40. The minimum Gasteiger partial charge on any atom is -0.481 e. The number of aromatic amines is 1. The minimum atomic E-state index is -0.955. The highest BCUT2D eigenvalue weighted by Crippen LogP contribution is 2.26. The molecule has 0 bridgehead atoms. The molecule has 1 aromatic heterocycles. The van der Waals surface area contributed by atoms with E-state index in [2.05, 4.69) is 26.0 Å². The number of carbonyl (C=O) groups excluding carboxylic acids is 1. The number of ether oxygens (including phenoxy) is 1. The maximum Gasteiger partial charge on any atom is 0.307 e. The summed E-state index contributed by atoms with van der Waals surface area (Å²) in [7, 11) is 1.61. The highest BCUT2D eigenvalue weighted by molar-refractivity contribution is 6.30. The molecule has 11 heteroatoms. The Morgan fingerprint density at radius 2 is 2.00 bits per heavy atom. The Bertz CT molecular complexity index is 1130. The van der Waals surface area contributed by atoms with Crippen LogP contribution in [-0.4, -0.2) is 65.2 Å². The van der Waals surface area contributed by atoms with Gasteiger partial charge in [0, 0.05) is 36.9 Å². The third kappa shape index (κ3) is 8.11. The van der Waals surface area contributed by atoms with Gasteiger partial charge in [0.15, 0.2) is 0 Å². The Balaban J connectivity index is 1.73. The minimum absolute atomic E-state index is 0.177. The predicted octanol–water partition coefficient (Wildman–Crippen LogP) is 3.32. The molecule has 1 heterocycles. The number of methoxy groups -OCH3 is 1. The Morgan fingerprint density at radius 3 is 2.67 bits per heavy atom. The number of nitrogens with one attached hydrogen (secondary N) is 3. The Labute approximate surface area is 213 Å². The van der Waals surface area contributed by atoms with Gasteiger partial charge in [0.2, 0.25) is 0 Å². The fraction of sp³-hybridized carbons (Fsp3) is 0.360. The zero-order chi connectivity index (χ0) is 25.9. The van der Waals surface area contributed by atoms with Crippen molar-refractivity contribution in [1.82, 2.24) is 26.0 Å². The largest absolute Gasteiger partial charge is 0.481 e. The van der Waals surface area contributed by atoms with Crippen LogP contribution in [0.3, 0.4) is 0 Å². The maximum absolute atomic E-state index is 14.2. The molecule has 0 aliphatic rings. The summed E-state index contributed by atoms with van der Waals surface area (Å²) in [6.45, 7) is 1.46. The predicted molar refractivity (Wildman–Crippen MR) is 133 cm³/mol. The Kier molecular flexibility index (Phi) is 10.3. The molecule has 2 atom stereocenters. The molecule has 0 unspecified atom stereocenters. The summed E-state index contributed by atoms with van der Waals surface area (Å²) < 4.78 is 19.3. The second kappa shape index (κ2) is 13.7. The molecule has 4 N–H and O–H groups in total. The lowest BCUT2D eigenvalue weighted by Crippen LogP contribution is -2.41. The number of amides is 1. The summed E-state index contributed by atoms with van der Waals surface area (Å²) in [5.41, 5.74) is 2.07. The van der Waals surface area contributed by atoms with E-state index in [0.29, 0.717) is 35.7 Å². The van der Waals surface area contributed by atoms with Crippen molar-refractivity contribution in [2.75, 3.05) is 26.8 Å². The lowest BCUT2D eigenvalue weighted by molar-refractivity contribution is -0.142. The van der Waals surface area contributed by atoms with Gasteiger partial charge >= 0.3 is 5.97 Å². The number of carbonyl (C=O) groups is 2. The molecule has 9 nitrogen and oxygen atoms in total. The van der Waals surface area contributed by atoms with Crippen molar-refractivity contribution in [3.8, 4) is 11.1 Å². The van der Waals surface area contributed by atoms with E-state index in [1.54, 1.807) is 25.3 Å². The molecule has 3 aromatic rings. The van der Waals surface area contributed by atoms with Gasteiger partial charge in [0.1, 0.15) is 11.5 Å². The molecule has 0 saturated heterocycles. The molecule has 192 valence electrons. The van der Waals surface area contributed by atoms with Gasteiger partial charge in [0.05, 0.1) is 12.1 Å². The van der Waals surface area contributed by atoms with Crippen molar-refractivity contribution in [3.63, 3.8) is 0 Å². The monoisotopic (exact) mass is 517 g/mol. The molecule has 3 rings (SSSR count). The van der Waals surface area contributed by atoms with E-state index in [1.807, 2.05) is 12.1 Å². The fourth-order valence-corrected chi connectivity index (χ4v) is 3.99. The van der Waals surface area contributed by atoms with Gasteiger partial charge in [-0.15, -0.1) is 5.10 Å². The summed E-state index contributed by atoms with van der Waals surface area (Å²) in [6.07, 6.45) is 2.63. The number of aliphatic carboxylic acids is 1. The van der Waals surface area contributed by atoms with E-state index < -0.39 is 23.8 Å². The normalized spacial score (nSPS) is 12.8. The van der Waals surface area contributed by atoms with E-state index in [1.165, 1.54) is 18.3 Å². The summed E-state index contributed by atoms with van der Waals surface area (Å²) in [5, 5.41) is 25.9. The first-order valence-corrected chi connectivity index (χ1v) is 11.9. The van der Waals surface area contributed by atoms with Crippen LogP contribution in [0.5, 0.6) is 0 Å². The quantitative estimate of drug-likeness (QED) is 0.241. The number of carboxylic acids is 1. The highest BCUT2D eigenvalue weighted by atomic mass is 35.5. The number of benzene rings is 2. The number of hydrogen-bond acceptors (Lipinski definition) is 6. The zero-order valence-electron chi connectivity index (χ0n) is 19.8. The fourth-order valence-electron chi connectivity index (χ4n) is 3.82. The van der Waals surface area contributed by atoms with Crippen LogP contribution in [0.4, 0.5) is 4.39 Å². The van der Waals surface area contributed by atoms with Crippen LogP contribution in [0.25, 0.3) is 11.1 Å². The van der Waals surface area contributed by atoms with Crippen LogP contribution in [0.2, 0.25) is 5.02 Å². The summed E-state index contributed by atoms with van der Waals surface area (Å²) in [6, 6.07) is 11.1. The van der Waals surface area contributed by atoms with Gasteiger partial charge in [-0.05, 0) is 55.1 Å². The molecule has 0 aliphatic heterocycles. The van der Waals surface area contributed by atoms with Crippen molar-refractivity contribution < 1.29 is 23.8 Å². The van der Waals surface area contributed by atoms with E-state index in [0.717, 1.165) is 12.0 Å². The van der Waals surface area contributed by atoms with E-state index in [4.69, 9.17) is 16.3 Å². The van der Waals surface area contributed by atoms with Crippen molar-refractivity contribution in [2.45, 2.75) is 25.3 Å². The smallest absolute Gasteiger partial charge is 0.307 e. The van der Waals surface area contributed by atoms with Crippen molar-refractivity contribution in [3.05, 3.63) is 70.8 Å². The van der Waals surface area contributed by atoms with E-state index in [-0.39, 0.29) is 24.5 Å². The van der Waals surface area contributed by atoms with E-state index in [9.17, 15) is 19.1 Å². The number of carboxylic acid groups (broad SMARTS) is 1. The standard InChI is InChI=1S/C25H29ClFN5O4/c1-36-10-2-9-28-14-18(25(34)35)12-20(30-24(33)23-15-29-32-31-23)11-16-3-5-17(6-4-16)21-13-19(26)7-8-22(21)27/h3-8,13,15,18,20,28H,2,9-12,14H2,1H3,(H,30,33)(H,34,35)(H,29,31,32)/t18-,20+/m0/s1. The summed E-state index contributed by atoms with van der Waals surface area (Å²) in [5.74, 6) is -2.49. The number of aromatic nitrogens is 3. The van der Waals surface area contributed by atoms with Crippen LogP contribution >= 0.6 is 11.6 Å². The second-order valence-corrected chi connectivity index (χ2v) is 8.82. The molecule has 36 heavy (non-hydrogen) atoms. The highest BCUT2D eigenvalue weighted by Gasteiger charge is 2.25. The third-order valence-electron chi connectivity index (χ3n) is 5.68. The maximum atomic E-state index is 14.2. The Morgan fingerprint density at radius 1 is 1.22 bits per heavy atom.